The number of rotatable bonds is 6. The van der Waals surface area contributed by atoms with Crippen molar-refractivity contribution in [2.24, 2.45) is 0 Å². The number of thioether (sulfide) groups is 1. The first kappa shape index (κ1) is 19.5. The van der Waals surface area contributed by atoms with Gasteiger partial charge < -0.3 is 0 Å². The molecular formula is C20H16ClNO3S2. The van der Waals surface area contributed by atoms with Crippen LogP contribution in [-0.2, 0) is 10.0 Å². The number of halogens is 1. The van der Waals surface area contributed by atoms with E-state index in [0.717, 1.165) is 4.90 Å². The average Bonchev–Trinajstić information content (AvgIpc) is 2.69. The predicted molar refractivity (Wildman–Crippen MR) is 110 cm³/mol. The highest BCUT2D eigenvalue weighted by atomic mass is 35.5. The summed E-state index contributed by atoms with van der Waals surface area (Å²) in [6.07, 6.45) is 1.91. The van der Waals surface area contributed by atoms with Gasteiger partial charge in [0.25, 0.3) is 10.0 Å². The summed E-state index contributed by atoms with van der Waals surface area (Å²) in [5.41, 5.74) is 0.824. The van der Waals surface area contributed by atoms with Crippen LogP contribution in [-0.4, -0.2) is 20.5 Å². The summed E-state index contributed by atoms with van der Waals surface area (Å²) in [4.78, 5) is 13.9. The van der Waals surface area contributed by atoms with E-state index in [1.165, 1.54) is 42.1 Å². The summed E-state index contributed by atoms with van der Waals surface area (Å²) in [5, 5.41) is 0.349. The van der Waals surface area contributed by atoms with Crippen LogP contribution in [0, 0.1) is 0 Å². The van der Waals surface area contributed by atoms with Crippen molar-refractivity contribution in [1.82, 2.24) is 0 Å². The van der Waals surface area contributed by atoms with E-state index in [1.807, 2.05) is 6.26 Å². The number of sulfonamides is 1. The number of anilines is 1. The Hall–Kier alpha value is -2.28. The van der Waals surface area contributed by atoms with Crippen LogP contribution >= 0.6 is 23.4 Å². The van der Waals surface area contributed by atoms with E-state index in [-0.39, 0.29) is 21.9 Å². The molecule has 0 spiro atoms. The lowest BCUT2D eigenvalue weighted by Crippen LogP contribution is -2.16. The number of ketones is 1. The molecule has 3 aromatic carbocycles. The van der Waals surface area contributed by atoms with Gasteiger partial charge in [-0.15, -0.1) is 11.8 Å². The number of carbonyl (C=O) groups excluding carboxylic acids is 1. The largest absolute Gasteiger partial charge is 0.289 e. The summed E-state index contributed by atoms with van der Waals surface area (Å²) in [6.45, 7) is 0. The second kappa shape index (κ2) is 8.17. The number of benzene rings is 3. The quantitative estimate of drug-likeness (QED) is 0.448. The van der Waals surface area contributed by atoms with Crippen molar-refractivity contribution in [2.75, 3.05) is 11.0 Å². The lowest BCUT2D eigenvalue weighted by Gasteiger charge is -2.13. The number of carbonyl (C=O) groups is 1. The minimum Gasteiger partial charge on any atom is -0.289 e. The third-order valence-electron chi connectivity index (χ3n) is 3.88. The zero-order valence-electron chi connectivity index (χ0n) is 14.3. The normalized spacial score (nSPS) is 11.2. The number of hydrogen-bond acceptors (Lipinski definition) is 4. The second-order valence-electron chi connectivity index (χ2n) is 5.67. The minimum absolute atomic E-state index is 0.119. The van der Waals surface area contributed by atoms with E-state index in [1.54, 1.807) is 42.5 Å². The first-order valence-corrected chi connectivity index (χ1v) is 11.1. The van der Waals surface area contributed by atoms with Crippen LogP contribution in [0.5, 0.6) is 0 Å². The second-order valence-corrected chi connectivity index (χ2v) is 8.66. The van der Waals surface area contributed by atoms with Crippen molar-refractivity contribution < 1.29 is 13.2 Å². The van der Waals surface area contributed by atoms with E-state index >= 15 is 0 Å². The highest BCUT2D eigenvalue weighted by Gasteiger charge is 2.20. The Morgan fingerprint density at radius 3 is 2.26 bits per heavy atom. The zero-order valence-corrected chi connectivity index (χ0v) is 16.7. The summed E-state index contributed by atoms with van der Waals surface area (Å²) < 4.78 is 28.0. The van der Waals surface area contributed by atoms with Crippen molar-refractivity contribution in [3.05, 3.63) is 88.9 Å². The van der Waals surface area contributed by atoms with Crippen LogP contribution in [0.3, 0.4) is 0 Å². The molecule has 0 amide bonds. The van der Waals surface area contributed by atoms with Gasteiger partial charge in [0, 0.05) is 21.0 Å². The standard InChI is InChI=1S/C20H16ClNO3S2/c1-26-16-8-10-17(11-9-16)27(24,25)22-19-12-7-15(21)13-18(19)20(23)14-5-3-2-4-6-14/h2-13,22H,1H3. The lowest BCUT2D eigenvalue weighted by atomic mass is 10.0. The highest BCUT2D eigenvalue weighted by Crippen LogP contribution is 2.26. The molecule has 1 N–H and O–H groups in total. The van der Waals surface area contributed by atoms with Gasteiger partial charge in [-0.25, -0.2) is 8.42 Å². The molecule has 3 rings (SSSR count). The molecule has 0 atom stereocenters. The lowest BCUT2D eigenvalue weighted by molar-refractivity contribution is 0.103. The van der Waals surface area contributed by atoms with Crippen LogP contribution in [0.1, 0.15) is 15.9 Å². The Balaban J connectivity index is 1.98. The van der Waals surface area contributed by atoms with E-state index in [0.29, 0.717) is 10.6 Å². The molecule has 0 saturated heterocycles. The average molecular weight is 418 g/mol. The molecule has 0 saturated carbocycles. The van der Waals surface area contributed by atoms with E-state index in [9.17, 15) is 13.2 Å². The fourth-order valence-electron chi connectivity index (χ4n) is 2.50. The van der Waals surface area contributed by atoms with Gasteiger partial charge in [-0.05, 0) is 48.7 Å². The first-order chi connectivity index (χ1) is 12.9. The maximum atomic E-state index is 12.8. The molecule has 0 aromatic heterocycles. The van der Waals surface area contributed by atoms with Gasteiger partial charge in [-0.3, -0.25) is 9.52 Å². The molecule has 0 fully saturated rings. The fraction of sp³-hybridized carbons (Fsp3) is 0.0500. The maximum absolute atomic E-state index is 12.8. The van der Waals surface area contributed by atoms with Crippen LogP contribution in [0.2, 0.25) is 5.02 Å². The molecule has 7 heteroatoms. The van der Waals surface area contributed by atoms with Crippen molar-refractivity contribution >= 4 is 44.9 Å². The van der Waals surface area contributed by atoms with Crippen LogP contribution in [0.25, 0.3) is 0 Å². The molecule has 27 heavy (non-hydrogen) atoms. The van der Waals surface area contributed by atoms with Crippen molar-refractivity contribution in [3.8, 4) is 0 Å². The summed E-state index contributed by atoms with van der Waals surface area (Å²) >= 11 is 7.56. The first-order valence-electron chi connectivity index (χ1n) is 7.97. The molecule has 0 bridgehead atoms. The Bertz CT molecular complexity index is 1070. The van der Waals surface area contributed by atoms with Gasteiger partial charge >= 0.3 is 0 Å². The summed E-state index contributed by atoms with van der Waals surface area (Å²) in [7, 11) is -3.84. The van der Waals surface area contributed by atoms with Crippen LogP contribution in [0.4, 0.5) is 5.69 Å². The molecule has 0 radical (unpaired) electrons. The van der Waals surface area contributed by atoms with Gasteiger partial charge in [-0.1, -0.05) is 41.9 Å². The van der Waals surface area contributed by atoms with Crippen LogP contribution < -0.4 is 4.72 Å². The Labute approximate surface area is 167 Å². The van der Waals surface area contributed by atoms with Gasteiger partial charge in [0.05, 0.1) is 10.6 Å². The van der Waals surface area contributed by atoms with Gasteiger partial charge in [0.15, 0.2) is 5.78 Å². The smallest absolute Gasteiger partial charge is 0.261 e. The predicted octanol–water partition coefficient (Wildman–Crippen LogP) is 5.09. The van der Waals surface area contributed by atoms with Crippen molar-refractivity contribution in [2.45, 2.75) is 9.79 Å². The molecule has 0 aliphatic carbocycles. The molecule has 0 unspecified atom stereocenters. The molecular weight excluding hydrogens is 402 g/mol. The Morgan fingerprint density at radius 1 is 0.963 bits per heavy atom. The monoisotopic (exact) mass is 417 g/mol. The third-order valence-corrected chi connectivity index (χ3v) is 6.24. The van der Waals surface area contributed by atoms with E-state index in [2.05, 4.69) is 4.72 Å². The highest BCUT2D eigenvalue weighted by molar-refractivity contribution is 7.98. The topological polar surface area (TPSA) is 63.2 Å². The van der Waals surface area contributed by atoms with Gasteiger partial charge in [0.1, 0.15) is 0 Å². The van der Waals surface area contributed by atoms with Crippen LogP contribution in [0.15, 0.2) is 82.6 Å². The third kappa shape index (κ3) is 4.53. The molecule has 3 aromatic rings. The van der Waals surface area contributed by atoms with E-state index < -0.39 is 10.0 Å². The summed E-state index contributed by atoms with van der Waals surface area (Å²) in [6, 6.07) is 19.7. The molecule has 4 nitrogen and oxygen atoms in total. The maximum Gasteiger partial charge on any atom is 0.261 e. The fourth-order valence-corrected chi connectivity index (χ4v) is 4.16. The molecule has 0 heterocycles. The number of hydrogen-bond donors (Lipinski definition) is 1. The Morgan fingerprint density at radius 2 is 1.63 bits per heavy atom. The molecule has 138 valence electrons. The van der Waals surface area contributed by atoms with Gasteiger partial charge in [-0.2, -0.15) is 0 Å². The Kier molecular flexibility index (Phi) is 5.89. The molecule has 0 aliphatic rings. The summed E-state index contributed by atoms with van der Waals surface area (Å²) in [5.74, 6) is -0.312. The zero-order chi connectivity index (χ0) is 19.4. The molecule has 0 aliphatic heterocycles. The minimum atomic E-state index is -3.84. The number of nitrogens with one attached hydrogen (secondary N) is 1. The van der Waals surface area contributed by atoms with Crippen molar-refractivity contribution in [3.63, 3.8) is 0 Å². The SMILES string of the molecule is CSc1ccc(S(=O)(=O)Nc2ccc(Cl)cc2C(=O)c2ccccc2)cc1. The van der Waals surface area contributed by atoms with E-state index in [4.69, 9.17) is 11.6 Å². The van der Waals surface area contributed by atoms with Gasteiger partial charge in [0.2, 0.25) is 0 Å². The van der Waals surface area contributed by atoms with Crippen molar-refractivity contribution in [1.29, 1.82) is 0 Å².